The number of nitrogens with zero attached hydrogens (tertiary/aromatic N) is 3. The number of hydrogen-bond donors (Lipinski definition) is 3. The molecule has 88 valence electrons. The highest BCUT2D eigenvalue weighted by Gasteiger charge is 2.32. The number of rotatable bonds is 3. The van der Waals surface area contributed by atoms with Gasteiger partial charge in [0.15, 0.2) is 0 Å². The van der Waals surface area contributed by atoms with Crippen molar-refractivity contribution in [3.8, 4) is 0 Å². The lowest BCUT2D eigenvalue weighted by Crippen LogP contribution is -2.32. The van der Waals surface area contributed by atoms with E-state index in [1.54, 1.807) is 6.20 Å². The average Bonchev–Trinajstić information content (AvgIpc) is 3.01. The lowest BCUT2D eigenvalue weighted by Gasteiger charge is -2.20. The number of nitrogens with one attached hydrogen (secondary N) is 2. The number of aryl methyl sites for hydroxylation is 1. The van der Waals surface area contributed by atoms with Gasteiger partial charge in [-0.3, -0.25) is 16.3 Å². The molecule has 0 aromatic carbocycles. The summed E-state index contributed by atoms with van der Waals surface area (Å²) in [6, 6.07) is 4.06. The third kappa shape index (κ3) is 1.71. The third-order valence-electron chi connectivity index (χ3n) is 3.34. The number of pyridine rings is 1. The Morgan fingerprint density at radius 3 is 3.24 bits per heavy atom. The fourth-order valence-corrected chi connectivity index (χ4v) is 2.54. The molecule has 0 spiro atoms. The van der Waals surface area contributed by atoms with Crippen molar-refractivity contribution in [3.63, 3.8) is 0 Å². The second-order valence-corrected chi connectivity index (χ2v) is 4.23. The molecule has 0 amide bonds. The van der Waals surface area contributed by atoms with Crippen LogP contribution in [-0.2, 0) is 6.42 Å². The summed E-state index contributed by atoms with van der Waals surface area (Å²) in [6.45, 7) is 0. The summed E-state index contributed by atoms with van der Waals surface area (Å²) >= 11 is 0. The van der Waals surface area contributed by atoms with Gasteiger partial charge in [0.2, 0.25) is 0 Å². The first-order chi connectivity index (χ1) is 8.40. The maximum Gasteiger partial charge on any atom is 0.101 e. The smallest absolute Gasteiger partial charge is 0.101 e. The Morgan fingerprint density at radius 2 is 2.47 bits per heavy atom. The maximum absolute atomic E-state index is 5.64. The van der Waals surface area contributed by atoms with Crippen LogP contribution < -0.4 is 11.3 Å². The Kier molecular flexibility index (Phi) is 2.58. The summed E-state index contributed by atoms with van der Waals surface area (Å²) in [4.78, 5) is 4.47. The Labute approximate surface area is 98.6 Å². The average molecular weight is 230 g/mol. The molecule has 6 nitrogen and oxygen atoms in total. The van der Waals surface area contributed by atoms with Gasteiger partial charge in [-0.25, -0.2) is 0 Å². The predicted octanol–water partition coefficient (Wildman–Crippen LogP) is 0.434. The first kappa shape index (κ1) is 10.4. The SMILES string of the molecule is NNC(c1cn[nH]n1)C1CCc2cccnc21. The Morgan fingerprint density at radius 1 is 1.53 bits per heavy atom. The standard InChI is InChI=1S/C11H14N6/c12-15-11(9-6-14-17-16-9)8-4-3-7-2-1-5-13-10(7)8/h1-2,5-6,8,11,15H,3-4,12H2,(H,14,16,17). The van der Waals surface area contributed by atoms with E-state index in [-0.39, 0.29) is 12.0 Å². The number of H-pyrrole nitrogens is 1. The predicted molar refractivity (Wildman–Crippen MR) is 61.7 cm³/mol. The molecule has 0 radical (unpaired) electrons. The number of hydrogen-bond acceptors (Lipinski definition) is 5. The molecular weight excluding hydrogens is 216 g/mol. The van der Waals surface area contributed by atoms with Crippen molar-refractivity contribution >= 4 is 0 Å². The van der Waals surface area contributed by atoms with Gasteiger partial charge in [0.25, 0.3) is 0 Å². The van der Waals surface area contributed by atoms with Crippen molar-refractivity contribution in [2.24, 2.45) is 5.84 Å². The van der Waals surface area contributed by atoms with E-state index in [0.29, 0.717) is 0 Å². The lowest BCUT2D eigenvalue weighted by atomic mass is 9.95. The van der Waals surface area contributed by atoms with E-state index in [0.717, 1.165) is 24.2 Å². The van der Waals surface area contributed by atoms with Gasteiger partial charge in [-0.05, 0) is 24.5 Å². The second kappa shape index (κ2) is 4.23. The summed E-state index contributed by atoms with van der Waals surface area (Å²) in [5, 5.41) is 10.5. The molecule has 2 unspecified atom stereocenters. The molecule has 0 saturated heterocycles. The highest BCUT2D eigenvalue weighted by atomic mass is 15.3. The molecule has 1 aliphatic carbocycles. The quantitative estimate of drug-likeness (QED) is 0.525. The molecule has 3 rings (SSSR count). The third-order valence-corrected chi connectivity index (χ3v) is 3.34. The summed E-state index contributed by atoms with van der Waals surface area (Å²) in [5.41, 5.74) is 6.08. The van der Waals surface area contributed by atoms with Gasteiger partial charge in [-0.15, -0.1) is 0 Å². The minimum Gasteiger partial charge on any atom is -0.271 e. The van der Waals surface area contributed by atoms with Gasteiger partial charge in [-0.1, -0.05) is 6.07 Å². The zero-order valence-corrected chi connectivity index (χ0v) is 9.30. The number of hydrazine groups is 1. The van der Waals surface area contributed by atoms with Crippen molar-refractivity contribution in [1.82, 2.24) is 25.8 Å². The van der Waals surface area contributed by atoms with Crippen LogP contribution in [-0.4, -0.2) is 20.4 Å². The van der Waals surface area contributed by atoms with Crippen LogP contribution in [0.1, 0.15) is 35.3 Å². The maximum atomic E-state index is 5.64. The summed E-state index contributed by atoms with van der Waals surface area (Å²) in [6.07, 6.45) is 5.61. The Hall–Kier alpha value is -1.79. The van der Waals surface area contributed by atoms with E-state index in [4.69, 9.17) is 5.84 Å². The molecule has 1 aliphatic rings. The number of nitrogens with two attached hydrogens (primary N) is 1. The van der Waals surface area contributed by atoms with Crippen molar-refractivity contribution in [1.29, 1.82) is 0 Å². The zero-order valence-electron chi connectivity index (χ0n) is 9.30. The molecule has 0 saturated carbocycles. The first-order valence-electron chi connectivity index (χ1n) is 5.65. The molecule has 4 N–H and O–H groups in total. The molecule has 2 aromatic heterocycles. The van der Waals surface area contributed by atoms with Gasteiger partial charge in [0.05, 0.1) is 12.2 Å². The van der Waals surface area contributed by atoms with E-state index in [1.807, 2.05) is 12.3 Å². The van der Waals surface area contributed by atoms with E-state index in [2.05, 4.69) is 31.9 Å². The molecule has 0 fully saturated rings. The van der Waals surface area contributed by atoms with Crippen molar-refractivity contribution < 1.29 is 0 Å². The van der Waals surface area contributed by atoms with Gasteiger partial charge < -0.3 is 0 Å². The topological polar surface area (TPSA) is 92.5 Å². The van der Waals surface area contributed by atoms with Gasteiger partial charge in [0.1, 0.15) is 5.69 Å². The minimum absolute atomic E-state index is 0.0371. The lowest BCUT2D eigenvalue weighted by molar-refractivity contribution is 0.437. The van der Waals surface area contributed by atoms with E-state index in [1.165, 1.54) is 5.56 Å². The fourth-order valence-electron chi connectivity index (χ4n) is 2.54. The Bertz CT molecular complexity index is 494. The zero-order chi connectivity index (χ0) is 11.7. The fraction of sp³-hybridized carbons (Fsp3) is 0.364. The normalized spacial score (nSPS) is 20.2. The molecule has 2 atom stereocenters. The van der Waals surface area contributed by atoms with E-state index >= 15 is 0 Å². The molecule has 0 bridgehead atoms. The number of aromatic nitrogens is 4. The molecule has 0 aliphatic heterocycles. The first-order valence-corrected chi connectivity index (χ1v) is 5.65. The highest BCUT2D eigenvalue weighted by Crippen LogP contribution is 2.39. The van der Waals surface area contributed by atoms with Crippen LogP contribution >= 0.6 is 0 Å². The van der Waals surface area contributed by atoms with Gasteiger partial charge >= 0.3 is 0 Å². The van der Waals surface area contributed by atoms with Crippen LogP contribution in [0.2, 0.25) is 0 Å². The summed E-state index contributed by atoms with van der Waals surface area (Å²) < 4.78 is 0. The number of aromatic amines is 1. The van der Waals surface area contributed by atoms with Gasteiger partial charge in [0, 0.05) is 17.8 Å². The molecular formula is C11H14N6. The summed E-state index contributed by atoms with van der Waals surface area (Å²) in [7, 11) is 0. The van der Waals surface area contributed by atoms with E-state index in [9.17, 15) is 0 Å². The highest BCUT2D eigenvalue weighted by molar-refractivity contribution is 5.31. The largest absolute Gasteiger partial charge is 0.271 e. The summed E-state index contributed by atoms with van der Waals surface area (Å²) in [5.74, 6) is 5.91. The van der Waals surface area contributed by atoms with Crippen molar-refractivity contribution in [2.45, 2.75) is 24.8 Å². The van der Waals surface area contributed by atoms with Crippen molar-refractivity contribution in [3.05, 3.63) is 41.5 Å². The van der Waals surface area contributed by atoms with Crippen molar-refractivity contribution in [2.75, 3.05) is 0 Å². The second-order valence-electron chi connectivity index (χ2n) is 4.23. The van der Waals surface area contributed by atoms with Crippen LogP contribution in [0.15, 0.2) is 24.5 Å². The van der Waals surface area contributed by atoms with Crippen LogP contribution in [0.25, 0.3) is 0 Å². The van der Waals surface area contributed by atoms with E-state index < -0.39 is 0 Å². The Balaban J connectivity index is 1.95. The number of fused-ring (bicyclic) bond motifs is 1. The monoisotopic (exact) mass is 230 g/mol. The van der Waals surface area contributed by atoms with Gasteiger partial charge in [-0.2, -0.15) is 15.4 Å². The molecule has 17 heavy (non-hydrogen) atoms. The molecule has 2 heterocycles. The van der Waals surface area contributed by atoms with Crippen LogP contribution in [0, 0.1) is 0 Å². The van der Waals surface area contributed by atoms with Crippen LogP contribution in [0.5, 0.6) is 0 Å². The minimum atomic E-state index is -0.0371. The molecule has 6 heteroatoms. The molecule has 2 aromatic rings. The van der Waals surface area contributed by atoms with Crippen LogP contribution in [0.3, 0.4) is 0 Å². The van der Waals surface area contributed by atoms with Crippen LogP contribution in [0.4, 0.5) is 0 Å².